The van der Waals surface area contributed by atoms with Crippen molar-refractivity contribution in [3.05, 3.63) is 59.7 Å². The van der Waals surface area contributed by atoms with Gasteiger partial charge in [0, 0.05) is 37.3 Å². The van der Waals surface area contributed by atoms with Gasteiger partial charge in [0.15, 0.2) is 5.76 Å². The molecule has 1 aliphatic heterocycles. The summed E-state index contributed by atoms with van der Waals surface area (Å²) in [6.07, 6.45) is 1.51. The molecule has 1 aliphatic rings. The van der Waals surface area contributed by atoms with Crippen molar-refractivity contribution in [1.29, 1.82) is 0 Å². The molecule has 3 heterocycles. The second-order valence-electron chi connectivity index (χ2n) is 7.00. The fourth-order valence-corrected chi connectivity index (χ4v) is 3.78. The molecule has 2 aromatic heterocycles. The third-order valence-electron chi connectivity index (χ3n) is 5.43. The molecule has 1 saturated heterocycles. The van der Waals surface area contributed by atoms with E-state index >= 15 is 0 Å². The van der Waals surface area contributed by atoms with Crippen LogP contribution >= 0.6 is 0 Å². The summed E-state index contributed by atoms with van der Waals surface area (Å²) in [7, 11) is 0. The van der Waals surface area contributed by atoms with Gasteiger partial charge in [-0.25, -0.2) is 0 Å². The van der Waals surface area contributed by atoms with Crippen LogP contribution in [-0.2, 0) is 0 Å². The first-order valence-corrected chi connectivity index (χ1v) is 9.21. The maximum atomic E-state index is 13.0. The Hall–Kier alpha value is -2.86. The van der Waals surface area contributed by atoms with Crippen molar-refractivity contribution in [2.24, 2.45) is 0 Å². The molecule has 6 nitrogen and oxygen atoms in total. The SMILES string of the molecule is Cc1c(C)n(C(=O)CN2CCN(C(=O)c3ccco3)CC2)c2ccccc12. The number of benzene rings is 1. The minimum absolute atomic E-state index is 0.0719. The molecule has 0 atom stereocenters. The lowest BCUT2D eigenvalue weighted by molar-refractivity contribution is 0.0584. The standard InChI is InChI=1S/C21H23N3O3/c1-15-16(2)24(18-7-4-3-6-17(15)18)20(25)14-22-9-11-23(12-10-22)21(26)19-8-5-13-27-19/h3-8,13H,9-12,14H2,1-2H3. The smallest absolute Gasteiger partial charge is 0.289 e. The van der Waals surface area contributed by atoms with Crippen molar-refractivity contribution in [2.45, 2.75) is 13.8 Å². The molecule has 0 radical (unpaired) electrons. The molecule has 6 heteroatoms. The summed E-state index contributed by atoms with van der Waals surface area (Å²) in [5.74, 6) is 0.348. The van der Waals surface area contributed by atoms with E-state index < -0.39 is 0 Å². The first-order chi connectivity index (χ1) is 13.1. The van der Waals surface area contributed by atoms with Crippen LogP contribution in [0.15, 0.2) is 47.1 Å². The van der Waals surface area contributed by atoms with Crippen molar-refractivity contribution < 1.29 is 14.0 Å². The van der Waals surface area contributed by atoms with E-state index in [9.17, 15) is 9.59 Å². The second kappa shape index (κ2) is 7.04. The molecule has 27 heavy (non-hydrogen) atoms. The summed E-state index contributed by atoms with van der Waals surface area (Å²) >= 11 is 0. The van der Waals surface area contributed by atoms with Gasteiger partial charge in [0.05, 0.1) is 18.3 Å². The molecule has 140 valence electrons. The number of carbonyl (C=O) groups excluding carboxylic acids is 2. The molecule has 0 spiro atoms. The summed E-state index contributed by atoms with van der Waals surface area (Å²) in [5.41, 5.74) is 3.10. The topological polar surface area (TPSA) is 58.7 Å². The average molecular weight is 365 g/mol. The maximum absolute atomic E-state index is 13.0. The molecule has 3 aromatic rings. The Morgan fingerprint density at radius 3 is 2.44 bits per heavy atom. The van der Waals surface area contributed by atoms with Gasteiger partial charge in [0.1, 0.15) is 0 Å². The van der Waals surface area contributed by atoms with E-state index in [2.05, 4.69) is 17.9 Å². The highest BCUT2D eigenvalue weighted by atomic mass is 16.3. The van der Waals surface area contributed by atoms with E-state index in [0.717, 1.165) is 22.2 Å². The van der Waals surface area contributed by atoms with Gasteiger partial charge in [-0.3, -0.25) is 19.1 Å². The van der Waals surface area contributed by atoms with Gasteiger partial charge in [-0.15, -0.1) is 0 Å². The van der Waals surface area contributed by atoms with E-state index in [-0.39, 0.29) is 11.8 Å². The van der Waals surface area contributed by atoms with Crippen molar-refractivity contribution >= 4 is 22.7 Å². The normalized spacial score (nSPS) is 15.4. The van der Waals surface area contributed by atoms with Crippen molar-refractivity contribution in [2.75, 3.05) is 32.7 Å². The maximum Gasteiger partial charge on any atom is 0.289 e. The Balaban J connectivity index is 1.43. The third kappa shape index (κ3) is 3.17. The Morgan fingerprint density at radius 2 is 1.74 bits per heavy atom. The Bertz CT molecular complexity index is 980. The Kier molecular flexibility index (Phi) is 4.58. The van der Waals surface area contributed by atoms with Gasteiger partial charge in [-0.05, 0) is 37.6 Å². The first-order valence-electron chi connectivity index (χ1n) is 9.21. The predicted molar refractivity (Wildman–Crippen MR) is 103 cm³/mol. The average Bonchev–Trinajstić information content (AvgIpc) is 3.30. The van der Waals surface area contributed by atoms with Crippen molar-refractivity contribution in [1.82, 2.24) is 14.4 Å². The van der Waals surface area contributed by atoms with Crippen LogP contribution in [0, 0.1) is 13.8 Å². The lowest BCUT2D eigenvalue weighted by atomic mass is 10.2. The number of hydrogen-bond acceptors (Lipinski definition) is 4. The Labute approximate surface area is 158 Å². The van der Waals surface area contributed by atoms with Crippen LogP contribution in [0.4, 0.5) is 0 Å². The van der Waals surface area contributed by atoms with Crippen LogP contribution in [0.2, 0.25) is 0 Å². The zero-order valence-electron chi connectivity index (χ0n) is 15.6. The number of aromatic nitrogens is 1. The highest BCUT2D eigenvalue weighted by Gasteiger charge is 2.25. The molecule has 1 amide bonds. The third-order valence-corrected chi connectivity index (χ3v) is 5.43. The van der Waals surface area contributed by atoms with E-state index in [1.165, 1.54) is 6.26 Å². The van der Waals surface area contributed by atoms with Gasteiger partial charge in [-0.1, -0.05) is 18.2 Å². The van der Waals surface area contributed by atoms with Crippen molar-refractivity contribution in [3.8, 4) is 0 Å². The Morgan fingerprint density at radius 1 is 1.00 bits per heavy atom. The summed E-state index contributed by atoms with van der Waals surface area (Å²) in [6, 6.07) is 11.4. The largest absolute Gasteiger partial charge is 0.459 e. The summed E-state index contributed by atoms with van der Waals surface area (Å²) in [6.45, 7) is 6.94. The number of aryl methyl sites for hydroxylation is 1. The minimum Gasteiger partial charge on any atom is -0.459 e. The predicted octanol–water partition coefficient (Wildman–Crippen LogP) is 2.95. The molecule has 4 rings (SSSR count). The van der Waals surface area contributed by atoms with Crippen LogP contribution in [0.3, 0.4) is 0 Å². The molecule has 1 aromatic carbocycles. The molecular weight excluding hydrogens is 342 g/mol. The monoisotopic (exact) mass is 365 g/mol. The van der Waals surface area contributed by atoms with E-state index in [1.807, 2.05) is 29.7 Å². The second-order valence-corrected chi connectivity index (χ2v) is 7.00. The van der Waals surface area contributed by atoms with Crippen LogP contribution in [0.5, 0.6) is 0 Å². The molecular formula is C21H23N3O3. The van der Waals surface area contributed by atoms with E-state index in [4.69, 9.17) is 4.42 Å². The van der Waals surface area contributed by atoms with Crippen LogP contribution in [0.25, 0.3) is 10.9 Å². The lowest BCUT2D eigenvalue weighted by Crippen LogP contribution is -2.50. The quantitative estimate of drug-likeness (QED) is 0.716. The number of nitrogens with zero attached hydrogens (tertiary/aromatic N) is 3. The summed E-state index contributed by atoms with van der Waals surface area (Å²) < 4.78 is 7.02. The molecule has 1 fully saturated rings. The number of fused-ring (bicyclic) bond motifs is 1. The zero-order chi connectivity index (χ0) is 19.0. The van der Waals surface area contributed by atoms with Crippen LogP contribution < -0.4 is 0 Å². The molecule has 0 bridgehead atoms. The van der Waals surface area contributed by atoms with Crippen LogP contribution in [0.1, 0.15) is 26.6 Å². The number of para-hydroxylation sites is 1. The fourth-order valence-electron chi connectivity index (χ4n) is 3.78. The van der Waals surface area contributed by atoms with Gasteiger partial charge in [0.2, 0.25) is 5.91 Å². The number of hydrogen-bond donors (Lipinski definition) is 0. The number of amides is 1. The van der Waals surface area contributed by atoms with E-state index in [0.29, 0.717) is 38.5 Å². The highest BCUT2D eigenvalue weighted by Crippen LogP contribution is 2.25. The first kappa shape index (κ1) is 17.5. The summed E-state index contributed by atoms with van der Waals surface area (Å²) in [4.78, 5) is 29.2. The molecule has 0 saturated carbocycles. The highest BCUT2D eigenvalue weighted by molar-refractivity contribution is 5.96. The summed E-state index contributed by atoms with van der Waals surface area (Å²) in [5, 5.41) is 1.12. The number of piperazine rings is 1. The van der Waals surface area contributed by atoms with Crippen molar-refractivity contribution in [3.63, 3.8) is 0 Å². The molecule has 0 N–H and O–H groups in total. The van der Waals surface area contributed by atoms with Gasteiger partial charge in [0.25, 0.3) is 5.91 Å². The number of carbonyl (C=O) groups is 2. The van der Waals surface area contributed by atoms with Gasteiger partial charge < -0.3 is 9.32 Å². The van der Waals surface area contributed by atoms with Crippen LogP contribution in [-0.4, -0.2) is 58.9 Å². The molecule has 0 aliphatic carbocycles. The lowest BCUT2D eigenvalue weighted by Gasteiger charge is -2.33. The molecule has 0 unspecified atom stereocenters. The number of furan rings is 1. The number of rotatable bonds is 3. The fraction of sp³-hybridized carbons (Fsp3) is 0.333. The van der Waals surface area contributed by atoms with Gasteiger partial charge in [-0.2, -0.15) is 0 Å². The van der Waals surface area contributed by atoms with E-state index in [1.54, 1.807) is 17.0 Å². The minimum atomic E-state index is -0.0890. The zero-order valence-corrected chi connectivity index (χ0v) is 15.6. The van der Waals surface area contributed by atoms with Gasteiger partial charge >= 0.3 is 0 Å².